The van der Waals surface area contributed by atoms with Crippen molar-refractivity contribution < 1.29 is 42.2 Å². The number of nitrogens with zero attached hydrogens (tertiary/aromatic N) is 1. The molecule has 1 aliphatic rings. The van der Waals surface area contributed by atoms with Crippen LogP contribution in [0.1, 0.15) is 18.9 Å². The molecule has 0 saturated carbocycles. The van der Waals surface area contributed by atoms with Crippen molar-refractivity contribution in [3.63, 3.8) is 0 Å². The van der Waals surface area contributed by atoms with Crippen molar-refractivity contribution in [3.8, 4) is 0 Å². The van der Waals surface area contributed by atoms with Gasteiger partial charge in [-0.2, -0.15) is 0 Å². The van der Waals surface area contributed by atoms with Crippen LogP contribution in [0.5, 0.6) is 0 Å². The van der Waals surface area contributed by atoms with Gasteiger partial charge in [0.25, 0.3) is 0 Å². The summed E-state index contributed by atoms with van der Waals surface area (Å²) in [6.07, 6.45) is 1.21. The van der Waals surface area contributed by atoms with Gasteiger partial charge < -0.3 is 19.1 Å². The third-order valence-corrected chi connectivity index (χ3v) is 4.44. The summed E-state index contributed by atoms with van der Waals surface area (Å²) < 4.78 is 32.2. The summed E-state index contributed by atoms with van der Waals surface area (Å²) in [5, 5.41) is 10.6. The van der Waals surface area contributed by atoms with Crippen molar-refractivity contribution in [2.45, 2.75) is 29.4 Å². The first-order valence-corrected chi connectivity index (χ1v) is 6.77. The number of hydrogen-bond donors (Lipinski definition) is 1. The molecule has 1 unspecified atom stereocenters. The normalized spacial score (nSPS) is 23.1. The molecular weight excluding hydrogens is 273 g/mol. The molecule has 2 rings (SSSR count). The predicted molar refractivity (Wildman–Crippen MR) is 59.2 cm³/mol. The molecule has 0 bridgehead atoms. The van der Waals surface area contributed by atoms with Crippen LogP contribution in [-0.2, 0) is 26.2 Å². The molecule has 96 valence electrons. The second kappa shape index (κ2) is 5.69. The number of hydrogen-bond acceptors (Lipinski definition) is 7. The van der Waals surface area contributed by atoms with Gasteiger partial charge in [0.05, 0.1) is 23.6 Å². The summed E-state index contributed by atoms with van der Waals surface area (Å²) in [6, 6.07) is 0. The van der Waals surface area contributed by atoms with Crippen LogP contribution in [0.4, 0.5) is 0 Å². The first kappa shape index (κ1) is 16.3. The Morgan fingerprint density at radius 3 is 2.50 bits per heavy atom. The average molecular weight is 285 g/mol. The maximum Gasteiger partial charge on any atom is 1.00 e. The molecule has 0 aliphatic carbocycles. The molecule has 9 heteroatoms. The van der Waals surface area contributed by atoms with E-state index in [2.05, 4.69) is 4.98 Å². The van der Waals surface area contributed by atoms with E-state index in [1.54, 1.807) is 13.8 Å². The zero-order valence-corrected chi connectivity index (χ0v) is 12.0. The molecule has 0 radical (unpaired) electrons. The van der Waals surface area contributed by atoms with Crippen LogP contribution >= 0.6 is 11.3 Å². The predicted octanol–water partition coefficient (Wildman–Crippen LogP) is -2.64. The molecule has 6 nitrogen and oxygen atoms in total. The maximum absolute atomic E-state index is 10.7. The zero-order chi connectivity index (χ0) is 12.7. The molecule has 2 heterocycles. The Balaban J connectivity index is 0.00000162. The van der Waals surface area contributed by atoms with Gasteiger partial charge in [0, 0.05) is 0 Å². The van der Waals surface area contributed by atoms with E-state index in [4.69, 9.17) is 9.47 Å². The van der Waals surface area contributed by atoms with Gasteiger partial charge in [-0.15, -0.1) is 11.3 Å². The van der Waals surface area contributed by atoms with Gasteiger partial charge in [-0.1, -0.05) is 0 Å². The molecule has 1 aromatic heterocycles. The Morgan fingerprint density at radius 2 is 2.06 bits per heavy atom. The van der Waals surface area contributed by atoms with E-state index in [1.165, 1.54) is 6.20 Å². The van der Waals surface area contributed by atoms with E-state index >= 15 is 0 Å². The monoisotopic (exact) mass is 285 g/mol. The van der Waals surface area contributed by atoms with Crippen LogP contribution in [0, 0.1) is 0 Å². The molecule has 18 heavy (non-hydrogen) atoms. The van der Waals surface area contributed by atoms with Crippen LogP contribution < -0.4 is 18.9 Å². The number of ether oxygens (including phenoxy) is 2. The van der Waals surface area contributed by atoms with Crippen molar-refractivity contribution in [2.24, 2.45) is 0 Å². The molecule has 1 aliphatic heterocycles. The minimum Gasteiger partial charge on any atom is -0.768 e. The Bertz CT molecular complexity index is 440. The molecule has 0 amide bonds. The van der Waals surface area contributed by atoms with Crippen LogP contribution in [0.15, 0.2) is 10.4 Å². The third-order valence-electron chi connectivity index (χ3n) is 2.36. The van der Waals surface area contributed by atoms with Gasteiger partial charge in [0.15, 0.2) is 11.4 Å². The largest absolute Gasteiger partial charge is 1.00 e. The van der Waals surface area contributed by atoms with Crippen molar-refractivity contribution in [3.05, 3.63) is 11.2 Å². The fraction of sp³-hybridized carbons (Fsp3) is 0.667. The number of rotatable bonds is 2. The van der Waals surface area contributed by atoms with Crippen molar-refractivity contribution in [2.75, 3.05) is 13.2 Å². The Kier molecular flexibility index (Phi) is 5.14. The summed E-state index contributed by atoms with van der Waals surface area (Å²) in [7, 11) is 0. The minimum atomic E-state index is -2.33. The minimum absolute atomic E-state index is 0. The van der Waals surface area contributed by atoms with Gasteiger partial charge in [-0.05, 0) is 24.9 Å². The Morgan fingerprint density at radius 1 is 1.50 bits per heavy atom. The van der Waals surface area contributed by atoms with E-state index in [1.807, 2.05) is 0 Å². The third kappa shape index (κ3) is 3.40. The van der Waals surface area contributed by atoms with Gasteiger partial charge in [-0.25, -0.2) is 4.98 Å². The van der Waals surface area contributed by atoms with E-state index in [0.717, 1.165) is 11.3 Å². The molecule has 1 fully saturated rings. The molecular formula is C9H12LiNO5S2. The van der Waals surface area contributed by atoms with E-state index in [0.29, 0.717) is 0 Å². The summed E-state index contributed by atoms with van der Waals surface area (Å²) >= 11 is -1.42. The molecule has 1 N–H and O–H groups in total. The summed E-state index contributed by atoms with van der Waals surface area (Å²) in [4.78, 5) is 3.90. The number of aromatic nitrogens is 1. The van der Waals surface area contributed by atoms with Crippen LogP contribution in [0.2, 0.25) is 0 Å². The van der Waals surface area contributed by atoms with Crippen molar-refractivity contribution >= 4 is 22.4 Å². The first-order valence-electron chi connectivity index (χ1n) is 4.88. The average Bonchev–Trinajstić information content (AvgIpc) is 2.73. The molecule has 1 aromatic rings. The van der Waals surface area contributed by atoms with E-state index < -0.39 is 22.5 Å². The van der Waals surface area contributed by atoms with Gasteiger partial charge >= 0.3 is 18.9 Å². The molecule has 0 spiro atoms. The Labute approximate surface area is 123 Å². The van der Waals surface area contributed by atoms with Crippen molar-refractivity contribution in [1.82, 2.24) is 4.98 Å². The second-order valence-electron chi connectivity index (χ2n) is 4.23. The topological polar surface area (TPSA) is 91.7 Å². The fourth-order valence-corrected chi connectivity index (χ4v) is 2.70. The number of thiazole rings is 1. The first-order chi connectivity index (χ1) is 7.82. The van der Waals surface area contributed by atoms with Crippen LogP contribution in [0.25, 0.3) is 0 Å². The fourth-order valence-electron chi connectivity index (χ4n) is 1.34. The maximum atomic E-state index is 10.7. The Hall–Kier alpha value is 0.217. The van der Waals surface area contributed by atoms with Gasteiger partial charge in [0.2, 0.25) is 0 Å². The number of aliphatic hydroxyl groups is 1. The molecule has 1 saturated heterocycles. The standard InChI is InChI=1S/C9H13NO5S2.Li/c1-8(2)14-4-9(11,5-15-8)7-10-3-6(16-7)17(12)13;/h3,11H,4-5H2,1-2H3,(H,12,13);/q;+1/p-1. The van der Waals surface area contributed by atoms with Crippen molar-refractivity contribution in [1.29, 1.82) is 0 Å². The zero-order valence-electron chi connectivity index (χ0n) is 10.3. The van der Waals surface area contributed by atoms with E-state index in [9.17, 15) is 13.9 Å². The van der Waals surface area contributed by atoms with Gasteiger partial charge in [0.1, 0.15) is 5.01 Å². The summed E-state index contributed by atoms with van der Waals surface area (Å²) in [6.45, 7) is 3.54. The van der Waals surface area contributed by atoms with E-state index in [-0.39, 0.29) is 41.3 Å². The smallest absolute Gasteiger partial charge is 0.768 e. The second-order valence-corrected chi connectivity index (χ2v) is 6.43. The summed E-state index contributed by atoms with van der Waals surface area (Å²) in [5.74, 6) is -0.742. The van der Waals surface area contributed by atoms with Crippen LogP contribution in [0.3, 0.4) is 0 Å². The van der Waals surface area contributed by atoms with Gasteiger partial charge in [-0.3, -0.25) is 4.21 Å². The SMILES string of the molecule is CC1(C)OCC(O)(c2ncc(S(=O)[O-])s2)CO1.[Li+]. The summed E-state index contributed by atoms with van der Waals surface area (Å²) in [5.41, 5.74) is -1.38. The quantitative estimate of drug-likeness (QED) is 0.471. The molecule has 1 atom stereocenters. The molecule has 0 aromatic carbocycles. The van der Waals surface area contributed by atoms with Crippen LogP contribution in [-0.4, -0.2) is 37.9 Å².